The van der Waals surface area contributed by atoms with Crippen LogP contribution in [-0.2, 0) is 6.42 Å². The zero-order valence-electron chi connectivity index (χ0n) is 13.4. The highest BCUT2D eigenvalue weighted by Crippen LogP contribution is 2.41. The fraction of sp³-hybridized carbons (Fsp3) is 0.412. The molecule has 5 nitrogen and oxygen atoms in total. The molecule has 0 unspecified atom stereocenters. The molecule has 3 aromatic rings. The molecule has 4 rings (SSSR count). The van der Waals surface area contributed by atoms with Crippen LogP contribution in [0.1, 0.15) is 42.1 Å². The Labute approximate surface area is 143 Å². The standard InChI is InChI=1S/C17H19FN4OS/c1-2-13-19-17-22(20-13)16(23)15(24-17)14(21-8-3-4-9-21)11-6-5-7-12(18)10-11/h5-7,10,14,23H,2-4,8-9H2,1H3/t14-/m1/s1. The van der Waals surface area contributed by atoms with Crippen molar-refractivity contribution in [2.45, 2.75) is 32.2 Å². The Morgan fingerprint density at radius 2 is 2.12 bits per heavy atom. The number of likely N-dealkylation sites (tertiary alicyclic amines) is 1. The van der Waals surface area contributed by atoms with Gasteiger partial charge < -0.3 is 5.11 Å². The van der Waals surface area contributed by atoms with Crippen molar-refractivity contribution in [3.8, 4) is 5.88 Å². The zero-order chi connectivity index (χ0) is 16.7. The molecule has 0 radical (unpaired) electrons. The van der Waals surface area contributed by atoms with Gasteiger partial charge in [0, 0.05) is 6.42 Å². The summed E-state index contributed by atoms with van der Waals surface area (Å²) in [5.74, 6) is 0.568. The fourth-order valence-electron chi connectivity index (χ4n) is 3.32. The van der Waals surface area contributed by atoms with Crippen LogP contribution in [0, 0.1) is 5.82 Å². The summed E-state index contributed by atoms with van der Waals surface area (Å²) >= 11 is 1.43. The lowest BCUT2D eigenvalue weighted by atomic mass is 10.0. The van der Waals surface area contributed by atoms with E-state index in [-0.39, 0.29) is 17.7 Å². The van der Waals surface area contributed by atoms with Crippen molar-refractivity contribution >= 4 is 16.3 Å². The lowest BCUT2D eigenvalue weighted by molar-refractivity contribution is 0.276. The predicted octanol–water partition coefficient (Wildman–Crippen LogP) is 3.38. The third-order valence-electron chi connectivity index (χ3n) is 4.48. The van der Waals surface area contributed by atoms with Gasteiger partial charge in [-0.1, -0.05) is 30.4 Å². The number of aromatic nitrogens is 3. The molecule has 0 bridgehead atoms. The number of hydrogen-bond donors (Lipinski definition) is 1. The molecule has 3 heterocycles. The second kappa shape index (κ2) is 6.14. The van der Waals surface area contributed by atoms with E-state index in [2.05, 4.69) is 15.0 Å². The maximum absolute atomic E-state index is 13.8. The highest BCUT2D eigenvalue weighted by Gasteiger charge is 2.31. The smallest absolute Gasteiger partial charge is 0.230 e. The summed E-state index contributed by atoms with van der Waals surface area (Å²) in [5.41, 5.74) is 0.854. The van der Waals surface area contributed by atoms with Crippen LogP contribution in [0.5, 0.6) is 5.88 Å². The van der Waals surface area contributed by atoms with Crippen molar-refractivity contribution in [3.63, 3.8) is 0 Å². The summed E-state index contributed by atoms with van der Waals surface area (Å²) < 4.78 is 15.3. The Balaban J connectivity index is 1.83. The first-order chi connectivity index (χ1) is 11.7. The molecule has 0 amide bonds. The van der Waals surface area contributed by atoms with E-state index in [1.54, 1.807) is 12.1 Å². The van der Waals surface area contributed by atoms with Gasteiger partial charge in [-0.15, -0.1) is 5.10 Å². The Morgan fingerprint density at radius 3 is 2.79 bits per heavy atom. The van der Waals surface area contributed by atoms with E-state index in [9.17, 15) is 9.50 Å². The first-order valence-corrected chi connectivity index (χ1v) is 9.06. The zero-order valence-corrected chi connectivity index (χ0v) is 14.3. The molecule has 1 aromatic carbocycles. The van der Waals surface area contributed by atoms with Crippen molar-refractivity contribution in [1.29, 1.82) is 0 Å². The molecular weight excluding hydrogens is 327 g/mol. The predicted molar refractivity (Wildman–Crippen MR) is 91.0 cm³/mol. The van der Waals surface area contributed by atoms with Crippen molar-refractivity contribution < 1.29 is 9.50 Å². The largest absolute Gasteiger partial charge is 0.492 e. The maximum Gasteiger partial charge on any atom is 0.230 e. The van der Waals surface area contributed by atoms with Gasteiger partial charge >= 0.3 is 0 Å². The molecule has 1 aliphatic rings. The number of aryl methyl sites for hydroxylation is 1. The summed E-state index contributed by atoms with van der Waals surface area (Å²) in [6.45, 7) is 3.86. The number of nitrogens with zero attached hydrogens (tertiary/aromatic N) is 4. The summed E-state index contributed by atoms with van der Waals surface area (Å²) in [6, 6.07) is 6.47. The third-order valence-corrected chi connectivity index (χ3v) is 5.55. The molecule has 0 saturated carbocycles. The second-order valence-corrected chi connectivity index (χ2v) is 7.08. The van der Waals surface area contributed by atoms with Gasteiger partial charge in [0.2, 0.25) is 10.8 Å². The average molecular weight is 346 g/mol. The minimum Gasteiger partial charge on any atom is -0.492 e. The van der Waals surface area contributed by atoms with Crippen LogP contribution >= 0.6 is 11.3 Å². The van der Waals surface area contributed by atoms with Crippen LogP contribution in [0.4, 0.5) is 4.39 Å². The first kappa shape index (κ1) is 15.5. The fourth-order valence-corrected chi connectivity index (χ4v) is 4.46. The van der Waals surface area contributed by atoms with Gasteiger partial charge in [0.05, 0.1) is 10.9 Å². The number of rotatable bonds is 4. The molecule has 7 heteroatoms. The lowest BCUT2D eigenvalue weighted by Gasteiger charge is -2.27. The van der Waals surface area contributed by atoms with Gasteiger partial charge in [-0.05, 0) is 43.6 Å². The number of halogens is 1. The number of hydrogen-bond acceptors (Lipinski definition) is 5. The van der Waals surface area contributed by atoms with E-state index in [1.807, 2.05) is 13.0 Å². The molecule has 24 heavy (non-hydrogen) atoms. The van der Waals surface area contributed by atoms with E-state index in [4.69, 9.17) is 0 Å². The molecule has 1 N–H and O–H groups in total. The molecule has 0 aliphatic carbocycles. The minimum absolute atomic E-state index is 0.114. The monoisotopic (exact) mass is 346 g/mol. The summed E-state index contributed by atoms with van der Waals surface area (Å²) in [7, 11) is 0. The molecule has 126 valence electrons. The van der Waals surface area contributed by atoms with Gasteiger partial charge in [-0.25, -0.2) is 9.37 Å². The Bertz CT molecular complexity index is 869. The van der Waals surface area contributed by atoms with Crippen molar-refractivity contribution in [1.82, 2.24) is 19.5 Å². The number of fused-ring (bicyclic) bond motifs is 1. The van der Waals surface area contributed by atoms with E-state index in [1.165, 1.54) is 21.9 Å². The van der Waals surface area contributed by atoms with Gasteiger partial charge in [-0.2, -0.15) is 4.52 Å². The van der Waals surface area contributed by atoms with Crippen LogP contribution < -0.4 is 0 Å². The van der Waals surface area contributed by atoms with Crippen LogP contribution in [0.3, 0.4) is 0 Å². The average Bonchev–Trinajstić information content (AvgIpc) is 3.28. The van der Waals surface area contributed by atoms with Crippen LogP contribution in [0.25, 0.3) is 4.96 Å². The van der Waals surface area contributed by atoms with E-state index >= 15 is 0 Å². The Hall–Kier alpha value is -1.99. The summed E-state index contributed by atoms with van der Waals surface area (Å²) in [5, 5.41) is 15.1. The van der Waals surface area contributed by atoms with Crippen molar-refractivity contribution in [2.24, 2.45) is 0 Å². The molecule has 1 atom stereocenters. The van der Waals surface area contributed by atoms with Crippen LogP contribution in [0.15, 0.2) is 24.3 Å². The van der Waals surface area contributed by atoms with Crippen molar-refractivity contribution in [3.05, 3.63) is 46.3 Å². The molecule has 1 saturated heterocycles. The van der Waals surface area contributed by atoms with E-state index in [0.29, 0.717) is 10.8 Å². The number of thiazole rings is 1. The molecular formula is C17H19FN4OS. The summed E-state index contributed by atoms with van der Waals surface area (Å²) in [4.78, 5) is 8.20. The number of benzene rings is 1. The topological polar surface area (TPSA) is 53.7 Å². The van der Waals surface area contributed by atoms with Crippen LogP contribution in [0.2, 0.25) is 0 Å². The van der Waals surface area contributed by atoms with Crippen molar-refractivity contribution in [2.75, 3.05) is 13.1 Å². The second-order valence-electron chi connectivity index (χ2n) is 6.07. The summed E-state index contributed by atoms with van der Waals surface area (Å²) in [6.07, 6.45) is 2.96. The SMILES string of the molecule is CCc1nc2sc([C@@H](c3cccc(F)c3)N3CCCC3)c(O)n2n1. The normalized spacial score (nSPS) is 16.9. The quantitative estimate of drug-likeness (QED) is 0.787. The third kappa shape index (κ3) is 2.57. The Kier molecular flexibility index (Phi) is 3.97. The molecule has 0 spiro atoms. The molecule has 1 fully saturated rings. The van der Waals surface area contributed by atoms with Gasteiger partial charge in [0.15, 0.2) is 5.82 Å². The van der Waals surface area contributed by atoms with Gasteiger partial charge in [0.25, 0.3) is 0 Å². The first-order valence-electron chi connectivity index (χ1n) is 8.24. The Morgan fingerprint density at radius 1 is 1.33 bits per heavy atom. The van der Waals surface area contributed by atoms with E-state index < -0.39 is 0 Å². The highest BCUT2D eigenvalue weighted by atomic mass is 32.1. The molecule has 2 aromatic heterocycles. The molecule has 1 aliphatic heterocycles. The van der Waals surface area contributed by atoms with Gasteiger partial charge in [0.1, 0.15) is 5.82 Å². The van der Waals surface area contributed by atoms with Crippen LogP contribution in [-0.4, -0.2) is 37.7 Å². The maximum atomic E-state index is 13.8. The minimum atomic E-state index is -0.260. The van der Waals surface area contributed by atoms with E-state index in [0.717, 1.165) is 42.8 Å². The highest BCUT2D eigenvalue weighted by molar-refractivity contribution is 7.17. The lowest BCUT2D eigenvalue weighted by Crippen LogP contribution is -2.26. The number of aromatic hydroxyl groups is 1. The van der Waals surface area contributed by atoms with Gasteiger partial charge in [-0.3, -0.25) is 4.90 Å².